The number of phenolic OH excluding ortho intramolecular Hbond substituents is 1. The van der Waals surface area contributed by atoms with E-state index in [0.717, 1.165) is 13.1 Å². The van der Waals surface area contributed by atoms with Crippen molar-refractivity contribution in [1.82, 2.24) is 4.90 Å². The van der Waals surface area contributed by atoms with Gasteiger partial charge < -0.3 is 9.84 Å². The maximum Gasteiger partial charge on any atom is 0.163 e. The van der Waals surface area contributed by atoms with Crippen LogP contribution in [0.2, 0.25) is 5.02 Å². The molecule has 0 heterocycles. The minimum Gasteiger partial charge on any atom is -0.507 e. The maximum absolute atomic E-state index is 11.6. The molecule has 1 aromatic rings. The van der Waals surface area contributed by atoms with Gasteiger partial charge in [-0.2, -0.15) is 0 Å². The van der Waals surface area contributed by atoms with Crippen LogP contribution in [-0.4, -0.2) is 42.6 Å². The van der Waals surface area contributed by atoms with Gasteiger partial charge in [0.2, 0.25) is 0 Å². The standard InChI is InChI=1S/C16H24ClNO3/c1-11(2)9-18(5-6-21-4)10-13-7-14(17)8-15(12(3)19)16(13)20/h7-8,11,20H,5-6,9-10H2,1-4H3. The molecule has 0 bridgehead atoms. The Morgan fingerprint density at radius 2 is 2.10 bits per heavy atom. The minimum absolute atomic E-state index is 0.0260. The lowest BCUT2D eigenvalue weighted by molar-refractivity contribution is 0.101. The summed E-state index contributed by atoms with van der Waals surface area (Å²) in [6.45, 7) is 8.49. The number of ether oxygens (including phenoxy) is 1. The summed E-state index contributed by atoms with van der Waals surface area (Å²) in [5, 5.41) is 10.7. The molecule has 21 heavy (non-hydrogen) atoms. The Morgan fingerprint density at radius 3 is 2.62 bits per heavy atom. The van der Waals surface area contributed by atoms with E-state index in [4.69, 9.17) is 16.3 Å². The summed E-state index contributed by atoms with van der Waals surface area (Å²) in [5.74, 6) is 0.331. The third kappa shape index (κ3) is 5.65. The fraction of sp³-hybridized carbons (Fsp3) is 0.562. The van der Waals surface area contributed by atoms with Gasteiger partial charge in [-0.3, -0.25) is 9.69 Å². The minimum atomic E-state index is -0.191. The Kier molecular flexibility index (Phi) is 7.15. The fourth-order valence-corrected chi connectivity index (χ4v) is 2.50. The number of ketones is 1. The number of methoxy groups -OCH3 is 1. The molecular formula is C16H24ClNO3. The van der Waals surface area contributed by atoms with Crippen LogP contribution in [0.15, 0.2) is 12.1 Å². The first-order valence-corrected chi connectivity index (χ1v) is 7.46. The van der Waals surface area contributed by atoms with E-state index < -0.39 is 0 Å². The van der Waals surface area contributed by atoms with Crippen LogP contribution in [-0.2, 0) is 11.3 Å². The van der Waals surface area contributed by atoms with E-state index in [1.807, 2.05) is 0 Å². The second-order valence-electron chi connectivity index (χ2n) is 5.64. The van der Waals surface area contributed by atoms with Gasteiger partial charge in [-0.05, 0) is 25.0 Å². The summed E-state index contributed by atoms with van der Waals surface area (Å²) in [5.41, 5.74) is 0.943. The van der Waals surface area contributed by atoms with Gasteiger partial charge in [-0.15, -0.1) is 0 Å². The van der Waals surface area contributed by atoms with Crippen LogP contribution in [0.25, 0.3) is 0 Å². The number of halogens is 1. The van der Waals surface area contributed by atoms with E-state index in [1.165, 1.54) is 13.0 Å². The van der Waals surface area contributed by atoms with Crippen LogP contribution in [0, 0.1) is 5.92 Å². The SMILES string of the molecule is COCCN(Cc1cc(Cl)cc(C(C)=O)c1O)CC(C)C. The Bertz CT molecular complexity index is 489. The van der Waals surface area contributed by atoms with Crippen LogP contribution in [0.4, 0.5) is 0 Å². The summed E-state index contributed by atoms with van der Waals surface area (Å²) >= 11 is 6.05. The van der Waals surface area contributed by atoms with E-state index in [0.29, 0.717) is 29.7 Å². The molecule has 118 valence electrons. The molecule has 0 aromatic heterocycles. The quantitative estimate of drug-likeness (QED) is 0.748. The van der Waals surface area contributed by atoms with Crippen molar-refractivity contribution >= 4 is 17.4 Å². The van der Waals surface area contributed by atoms with E-state index in [-0.39, 0.29) is 17.1 Å². The van der Waals surface area contributed by atoms with Crippen molar-refractivity contribution in [2.24, 2.45) is 5.92 Å². The predicted molar refractivity (Wildman–Crippen MR) is 85.1 cm³/mol. The van der Waals surface area contributed by atoms with Crippen LogP contribution in [0.3, 0.4) is 0 Å². The number of aromatic hydroxyl groups is 1. The molecule has 0 aliphatic heterocycles. The zero-order valence-electron chi connectivity index (χ0n) is 13.1. The van der Waals surface area contributed by atoms with Gasteiger partial charge in [-0.1, -0.05) is 25.4 Å². The summed E-state index contributed by atoms with van der Waals surface area (Å²) in [4.78, 5) is 13.7. The van der Waals surface area contributed by atoms with Gasteiger partial charge in [0.05, 0.1) is 12.2 Å². The first-order valence-electron chi connectivity index (χ1n) is 7.08. The van der Waals surface area contributed by atoms with E-state index >= 15 is 0 Å². The average Bonchev–Trinajstić information content (AvgIpc) is 2.38. The number of carbonyl (C=O) groups excluding carboxylic acids is 1. The molecular weight excluding hydrogens is 290 g/mol. The van der Waals surface area contributed by atoms with Gasteiger partial charge in [-0.25, -0.2) is 0 Å². The van der Waals surface area contributed by atoms with E-state index in [1.54, 1.807) is 13.2 Å². The summed E-state index contributed by atoms with van der Waals surface area (Å²) in [6, 6.07) is 3.22. The van der Waals surface area contributed by atoms with Crippen LogP contribution >= 0.6 is 11.6 Å². The average molecular weight is 314 g/mol. The number of hydrogen-bond acceptors (Lipinski definition) is 4. The molecule has 0 unspecified atom stereocenters. The lowest BCUT2D eigenvalue weighted by Crippen LogP contribution is -2.30. The van der Waals surface area contributed by atoms with Crippen molar-refractivity contribution in [2.75, 3.05) is 26.8 Å². The number of nitrogens with zero attached hydrogens (tertiary/aromatic N) is 1. The van der Waals surface area contributed by atoms with Gasteiger partial charge in [0.15, 0.2) is 5.78 Å². The van der Waals surface area contributed by atoms with Gasteiger partial charge >= 0.3 is 0 Å². The Hall–Kier alpha value is -1.10. The molecule has 1 aromatic carbocycles. The number of rotatable bonds is 8. The van der Waals surface area contributed by atoms with Gasteiger partial charge in [0.1, 0.15) is 5.75 Å². The van der Waals surface area contributed by atoms with E-state index in [9.17, 15) is 9.90 Å². The van der Waals surface area contributed by atoms with Crippen molar-refractivity contribution in [3.63, 3.8) is 0 Å². The Labute approximate surface area is 131 Å². The lowest BCUT2D eigenvalue weighted by atomic mass is 10.0. The third-order valence-electron chi connectivity index (χ3n) is 3.16. The smallest absolute Gasteiger partial charge is 0.163 e. The van der Waals surface area contributed by atoms with Crippen molar-refractivity contribution in [3.05, 3.63) is 28.3 Å². The number of benzene rings is 1. The normalized spacial score (nSPS) is 11.4. The molecule has 0 atom stereocenters. The molecule has 1 rings (SSSR count). The molecule has 5 heteroatoms. The molecule has 0 amide bonds. The molecule has 0 saturated carbocycles. The Morgan fingerprint density at radius 1 is 1.43 bits per heavy atom. The number of carbonyl (C=O) groups is 1. The highest BCUT2D eigenvalue weighted by molar-refractivity contribution is 6.31. The molecule has 0 fully saturated rings. The maximum atomic E-state index is 11.6. The van der Waals surface area contributed by atoms with Gasteiger partial charge in [0, 0.05) is 37.3 Å². The molecule has 0 saturated heterocycles. The highest BCUT2D eigenvalue weighted by atomic mass is 35.5. The van der Waals surface area contributed by atoms with Crippen LogP contribution < -0.4 is 0 Å². The monoisotopic (exact) mass is 313 g/mol. The highest BCUT2D eigenvalue weighted by Gasteiger charge is 2.16. The summed E-state index contributed by atoms with van der Waals surface area (Å²) in [6.07, 6.45) is 0. The highest BCUT2D eigenvalue weighted by Crippen LogP contribution is 2.28. The van der Waals surface area contributed by atoms with Gasteiger partial charge in [0.25, 0.3) is 0 Å². The zero-order chi connectivity index (χ0) is 16.0. The molecule has 0 aliphatic rings. The molecule has 1 N–H and O–H groups in total. The van der Waals surface area contributed by atoms with Crippen molar-refractivity contribution in [2.45, 2.75) is 27.3 Å². The first kappa shape index (κ1) is 18.0. The molecule has 0 spiro atoms. The van der Waals surface area contributed by atoms with Crippen molar-refractivity contribution in [1.29, 1.82) is 0 Å². The second kappa shape index (κ2) is 8.37. The number of Topliss-reactive ketones (excluding diaryl/α,β-unsaturated/α-hetero) is 1. The third-order valence-corrected chi connectivity index (χ3v) is 3.38. The molecule has 0 aliphatic carbocycles. The molecule has 0 radical (unpaired) electrons. The number of hydrogen-bond donors (Lipinski definition) is 1. The zero-order valence-corrected chi connectivity index (χ0v) is 13.9. The van der Waals surface area contributed by atoms with E-state index in [2.05, 4.69) is 18.7 Å². The van der Waals surface area contributed by atoms with Crippen molar-refractivity contribution < 1.29 is 14.6 Å². The Balaban J connectivity index is 2.99. The van der Waals surface area contributed by atoms with Crippen LogP contribution in [0.5, 0.6) is 5.75 Å². The summed E-state index contributed by atoms with van der Waals surface area (Å²) in [7, 11) is 1.66. The second-order valence-corrected chi connectivity index (χ2v) is 6.08. The fourth-order valence-electron chi connectivity index (χ4n) is 2.26. The predicted octanol–water partition coefficient (Wildman–Crippen LogP) is 3.35. The molecule has 4 nitrogen and oxygen atoms in total. The van der Waals surface area contributed by atoms with Crippen LogP contribution in [0.1, 0.15) is 36.7 Å². The number of phenols is 1. The first-order chi connectivity index (χ1) is 9.85. The largest absolute Gasteiger partial charge is 0.507 e. The van der Waals surface area contributed by atoms with Crippen molar-refractivity contribution in [3.8, 4) is 5.75 Å². The topological polar surface area (TPSA) is 49.8 Å². The lowest BCUT2D eigenvalue weighted by Gasteiger charge is -2.24. The summed E-state index contributed by atoms with van der Waals surface area (Å²) < 4.78 is 5.12.